The first-order valence-electron chi connectivity index (χ1n) is 15.2. The van der Waals surface area contributed by atoms with Gasteiger partial charge in [-0.1, -0.05) is 12.1 Å². The van der Waals surface area contributed by atoms with Gasteiger partial charge in [-0.3, -0.25) is 9.69 Å². The second-order valence-electron chi connectivity index (χ2n) is 12.3. The summed E-state index contributed by atoms with van der Waals surface area (Å²) in [6, 6.07) is 4.35. The zero-order chi connectivity index (χ0) is 34.6. The molecule has 4 rings (SSSR count). The van der Waals surface area contributed by atoms with E-state index in [-0.39, 0.29) is 50.4 Å². The van der Waals surface area contributed by atoms with E-state index < -0.39 is 52.7 Å². The summed E-state index contributed by atoms with van der Waals surface area (Å²) in [6.07, 6.45) is -13.8. The lowest BCUT2D eigenvalue weighted by Gasteiger charge is -2.43. The Bertz CT molecular complexity index is 1300. The Morgan fingerprint density at radius 3 is 1.65 bits per heavy atom. The van der Waals surface area contributed by atoms with Crippen LogP contribution in [0.15, 0.2) is 42.5 Å². The van der Waals surface area contributed by atoms with Crippen LogP contribution in [-0.2, 0) is 34.4 Å². The lowest BCUT2D eigenvalue weighted by molar-refractivity contribution is -0.143. The van der Waals surface area contributed by atoms with Crippen LogP contribution in [-0.4, -0.2) is 99.9 Å². The van der Waals surface area contributed by atoms with Crippen LogP contribution in [0.2, 0.25) is 0 Å². The van der Waals surface area contributed by atoms with E-state index in [0.29, 0.717) is 62.4 Å². The molecule has 0 saturated carbocycles. The van der Waals surface area contributed by atoms with Gasteiger partial charge < -0.3 is 19.3 Å². The van der Waals surface area contributed by atoms with Crippen LogP contribution in [0.4, 0.5) is 39.5 Å². The second-order valence-corrected chi connectivity index (χ2v) is 12.3. The molecule has 17 heteroatoms. The Morgan fingerprint density at radius 2 is 1.18 bits per heavy atom. The normalized spacial score (nSPS) is 21.2. The van der Waals surface area contributed by atoms with E-state index in [0.717, 1.165) is 31.6 Å². The predicted molar refractivity (Wildman–Crippen MR) is 169 cm³/mol. The van der Waals surface area contributed by atoms with Gasteiger partial charge in [0.1, 0.15) is 0 Å². The number of nitrogens with zero attached hydrogens (tertiary/aromatic N) is 3. The van der Waals surface area contributed by atoms with Gasteiger partial charge in [0.15, 0.2) is 0 Å². The van der Waals surface area contributed by atoms with Crippen molar-refractivity contribution in [3.8, 4) is 0 Å². The van der Waals surface area contributed by atoms with Crippen LogP contribution in [0, 0.1) is 11.8 Å². The highest BCUT2D eigenvalue weighted by Gasteiger charge is 2.39. The Morgan fingerprint density at radius 1 is 0.694 bits per heavy atom. The van der Waals surface area contributed by atoms with E-state index in [4.69, 9.17) is 9.47 Å². The monoisotopic (exact) mass is 755 g/mol. The maximum atomic E-state index is 13.6. The zero-order valence-corrected chi connectivity index (χ0v) is 28.5. The fourth-order valence-corrected chi connectivity index (χ4v) is 6.51. The molecule has 6 nitrogen and oxygen atoms in total. The average molecular weight is 757 g/mol. The number of alkyl halides is 9. The number of piperidine rings is 1. The average Bonchev–Trinajstić information content (AvgIpc) is 2.99. The third-order valence-electron chi connectivity index (χ3n) is 8.65. The summed E-state index contributed by atoms with van der Waals surface area (Å²) >= 11 is 0. The van der Waals surface area contributed by atoms with E-state index in [1.807, 2.05) is 0 Å². The van der Waals surface area contributed by atoms with Gasteiger partial charge >= 0.3 is 18.5 Å². The molecule has 0 unspecified atom stereocenters. The van der Waals surface area contributed by atoms with Gasteiger partial charge in [0.25, 0.3) is 5.91 Å². The molecule has 2 heterocycles. The van der Waals surface area contributed by atoms with Crippen molar-refractivity contribution in [3.05, 3.63) is 70.3 Å². The SMILES string of the molecule is COC[C@@H]1C[C@H](COC)CN(CCN2CCN(C(=O)c3cc(C(F)(F)F)cc(C(F)(F)F)c3)[C@H](Cc3ccc(C(F)(F)F)cc3)C2)C1.Cl.Cl. The van der Waals surface area contributed by atoms with Crippen molar-refractivity contribution in [3.63, 3.8) is 0 Å². The summed E-state index contributed by atoms with van der Waals surface area (Å²) in [5, 5.41) is 0. The first-order valence-corrected chi connectivity index (χ1v) is 15.2. The molecule has 2 aliphatic heterocycles. The Balaban J connectivity index is 0.00000417. The van der Waals surface area contributed by atoms with E-state index in [1.165, 1.54) is 17.0 Å². The molecule has 0 aromatic heterocycles. The molecule has 2 aromatic rings. The molecular formula is C32H40Cl2F9N3O3. The molecule has 0 aliphatic carbocycles. The third-order valence-corrected chi connectivity index (χ3v) is 8.65. The zero-order valence-electron chi connectivity index (χ0n) is 26.8. The first-order chi connectivity index (χ1) is 22.0. The van der Waals surface area contributed by atoms with Gasteiger partial charge in [-0.15, -0.1) is 24.8 Å². The van der Waals surface area contributed by atoms with Crippen LogP contribution >= 0.6 is 24.8 Å². The molecular weight excluding hydrogens is 716 g/mol. The smallest absolute Gasteiger partial charge is 0.384 e. The van der Waals surface area contributed by atoms with E-state index in [1.54, 1.807) is 14.2 Å². The van der Waals surface area contributed by atoms with Crippen molar-refractivity contribution in [2.24, 2.45) is 11.8 Å². The number of hydrogen-bond donors (Lipinski definition) is 0. The van der Waals surface area contributed by atoms with Gasteiger partial charge in [-0.2, -0.15) is 39.5 Å². The molecule has 1 amide bonds. The number of hydrogen-bond acceptors (Lipinski definition) is 5. The maximum absolute atomic E-state index is 13.6. The predicted octanol–water partition coefficient (Wildman–Crippen LogP) is 7.19. The summed E-state index contributed by atoms with van der Waals surface area (Å²) in [5.41, 5.74) is -4.41. The van der Waals surface area contributed by atoms with Crippen LogP contribution < -0.4 is 0 Å². The van der Waals surface area contributed by atoms with Crippen molar-refractivity contribution < 1.29 is 53.8 Å². The number of halogens is 11. The molecule has 0 bridgehead atoms. The highest BCUT2D eigenvalue weighted by atomic mass is 35.5. The number of likely N-dealkylation sites (tertiary alicyclic amines) is 1. The van der Waals surface area contributed by atoms with Gasteiger partial charge in [0.2, 0.25) is 0 Å². The van der Waals surface area contributed by atoms with Crippen molar-refractivity contribution >= 4 is 30.7 Å². The Hall–Kier alpha value is -2.30. The Labute approximate surface area is 291 Å². The van der Waals surface area contributed by atoms with Gasteiger partial charge in [0.05, 0.1) is 29.9 Å². The number of carbonyl (C=O) groups is 1. The van der Waals surface area contributed by atoms with Crippen molar-refractivity contribution in [2.45, 2.75) is 37.4 Å². The third kappa shape index (κ3) is 11.9. The number of ether oxygens (including phenoxy) is 2. The fourth-order valence-electron chi connectivity index (χ4n) is 6.51. The molecule has 49 heavy (non-hydrogen) atoms. The standard InChI is InChI=1S/C32H38F9N3O3.2ClH/c1-46-19-22-11-23(20-47-2)17-43(16-22)8-7-42-9-10-44(28(18-42)12-21-3-5-25(6-4-21)30(33,34)35)29(45)24-13-26(31(36,37)38)15-27(14-24)32(39,40)41;;/h3-6,13-15,22-23,28H,7-12,16-20H2,1-2H3;2*1H/t22-,23+,28-;;/m1../s1. The van der Waals surface area contributed by atoms with Crippen molar-refractivity contribution in [2.75, 3.05) is 73.2 Å². The lowest BCUT2D eigenvalue weighted by atomic mass is 9.90. The first kappa shape index (κ1) is 42.9. The molecule has 3 atom stereocenters. The molecule has 2 saturated heterocycles. The minimum Gasteiger partial charge on any atom is -0.384 e. The summed E-state index contributed by atoms with van der Waals surface area (Å²) in [6.45, 7) is 4.54. The topological polar surface area (TPSA) is 45.3 Å². The lowest BCUT2D eigenvalue weighted by Crippen LogP contribution is -2.57. The maximum Gasteiger partial charge on any atom is 0.416 e. The molecule has 2 fully saturated rings. The van der Waals surface area contributed by atoms with Crippen LogP contribution in [0.1, 0.15) is 39.0 Å². The van der Waals surface area contributed by atoms with E-state index in [2.05, 4.69) is 9.80 Å². The molecule has 278 valence electrons. The number of rotatable bonds is 10. The number of methoxy groups -OCH3 is 2. The van der Waals surface area contributed by atoms with Crippen molar-refractivity contribution in [1.82, 2.24) is 14.7 Å². The van der Waals surface area contributed by atoms with Crippen molar-refractivity contribution in [1.29, 1.82) is 0 Å². The minimum atomic E-state index is -5.13. The second kappa shape index (κ2) is 17.8. The quantitative estimate of drug-likeness (QED) is 0.241. The number of amides is 1. The number of carbonyl (C=O) groups excluding carboxylic acids is 1. The number of piperazine rings is 1. The summed E-state index contributed by atoms with van der Waals surface area (Å²) in [4.78, 5) is 19.2. The minimum absolute atomic E-state index is 0. The van der Waals surface area contributed by atoms with Gasteiger partial charge in [0, 0.05) is 71.6 Å². The number of benzene rings is 2. The molecule has 0 spiro atoms. The fraction of sp³-hybridized carbons (Fsp3) is 0.594. The van der Waals surface area contributed by atoms with Crippen LogP contribution in [0.5, 0.6) is 0 Å². The summed E-state index contributed by atoms with van der Waals surface area (Å²) in [5.74, 6) is -0.395. The highest BCUT2D eigenvalue weighted by Crippen LogP contribution is 2.37. The van der Waals surface area contributed by atoms with E-state index in [9.17, 15) is 44.3 Å². The summed E-state index contributed by atoms with van der Waals surface area (Å²) in [7, 11) is 3.29. The van der Waals surface area contributed by atoms with Crippen LogP contribution in [0.3, 0.4) is 0 Å². The molecule has 2 aliphatic rings. The summed E-state index contributed by atoms with van der Waals surface area (Å²) < 4.78 is 131. The van der Waals surface area contributed by atoms with Gasteiger partial charge in [-0.25, -0.2) is 0 Å². The Kier molecular flexibility index (Phi) is 15.5. The highest BCUT2D eigenvalue weighted by molar-refractivity contribution is 5.95. The largest absolute Gasteiger partial charge is 0.416 e. The van der Waals surface area contributed by atoms with E-state index >= 15 is 0 Å². The molecule has 0 radical (unpaired) electrons. The van der Waals surface area contributed by atoms with Crippen LogP contribution in [0.25, 0.3) is 0 Å². The van der Waals surface area contributed by atoms with Gasteiger partial charge in [-0.05, 0) is 60.6 Å². The molecule has 0 N–H and O–H groups in total. The molecule has 2 aromatic carbocycles.